The molecule has 0 aliphatic carbocycles. The zero-order valence-electron chi connectivity index (χ0n) is 14.4. The van der Waals surface area contributed by atoms with Crippen LogP contribution in [0.15, 0.2) is 28.8 Å². The van der Waals surface area contributed by atoms with Crippen LogP contribution in [-0.2, 0) is 6.42 Å². The zero-order chi connectivity index (χ0) is 17.6. The van der Waals surface area contributed by atoms with Crippen LogP contribution in [0, 0.1) is 11.3 Å². The van der Waals surface area contributed by atoms with Crippen molar-refractivity contribution in [2.75, 3.05) is 13.1 Å². The first-order valence-corrected chi connectivity index (χ1v) is 8.83. The Labute approximate surface area is 147 Å². The van der Waals surface area contributed by atoms with Gasteiger partial charge in [0.2, 0.25) is 5.89 Å². The second-order valence-corrected chi connectivity index (χ2v) is 6.44. The number of aryl methyl sites for hydroxylation is 1. The Bertz CT molecular complexity index is 778. The number of unbranched alkanes of at least 4 members (excludes halogenated alkanes) is 1. The number of nitriles is 1. The number of hydrogen-bond acceptors (Lipinski definition) is 5. The standard InChI is InChI=1S/C19H22N4O2/c1-2-3-9-17-21-18(25-22-17)16-8-5-10-23(13-16)19(24)15-7-4-6-14(11-15)12-20/h4,6-7,11,16H,2-3,5,8-10,13H2,1H3. The Kier molecular flexibility index (Phi) is 5.44. The molecule has 2 heterocycles. The van der Waals surface area contributed by atoms with Crippen molar-refractivity contribution in [1.29, 1.82) is 5.26 Å². The fourth-order valence-electron chi connectivity index (χ4n) is 3.14. The molecule has 1 saturated heterocycles. The molecule has 2 aromatic rings. The highest BCUT2D eigenvalue weighted by Gasteiger charge is 2.29. The third kappa shape index (κ3) is 4.05. The quantitative estimate of drug-likeness (QED) is 0.835. The number of amides is 1. The Morgan fingerprint density at radius 3 is 3.16 bits per heavy atom. The van der Waals surface area contributed by atoms with Crippen LogP contribution in [0.25, 0.3) is 0 Å². The molecular weight excluding hydrogens is 316 g/mol. The molecular formula is C19H22N4O2. The van der Waals surface area contributed by atoms with Crippen LogP contribution in [0.3, 0.4) is 0 Å². The molecule has 6 nitrogen and oxygen atoms in total. The van der Waals surface area contributed by atoms with Gasteiger partial charge in [-0.2, -0.15) is 10.2 Å². The number of rotatable bonds is 5. The highest BCUT2D eigenvalue weighted by molar-refractivity contribution is 5.94. The highest BCUT2D eigenvalue weighted by atomic mass is 16.5. The summed E-state index contributed by atoms with van der Waals surface area (Å²) in [4.78, 5) is 19.1. The van der Waals surface area contributed by atoms with E-state index in [2.05, 4.69) is 23.1 Å². The lowest BCUT2D eigenvalue weighted by atomic mass is 9.97. The van der Waals surface area contributed by atoms with Gasteiger partial charge < -0.3 is 9.42 Å². The van der Waals surface area contributed by atoms with Gasteiger partial charge in [-0.05, 0) is 37.5 Å². The molecule has 1 amide bonds. The number of benzene rings is 1. The van der Waals surface area contributed by atoms with Crippen LogP contribution in [0.4, 0.5) is 0 Å². The lowest BCUT2D eigenvalue weighted by Crippen LogP contribution is -2.39. The molecule has 1 aliphatic heterocycles. The van der Waals surface area contributed by atoms with Crippen molar-refractivity contribution in [3.8, 4) is 6.07 Å². The number of carbonyl (C=O) groups is 1. The smallest absolute Gasteiger partial charge is 0.253 e. The fourth-order valence-corrected chi connectivity index (χ4v) is 3.14. The molecule has 1 atom stereocenters. The fraction of sp³-hybridized carbons (Fsp3) is 0.474. The maximum atomic E-state index is 12.7. The van der Waals surface area contributed by atoms with E-state index >= 15 is 0 Å². The minimum atomic E-state index is -0.0486. The van der Waals surface area contributed by atoms with E-state index < -0.39 is 0 Å². The van der Waals surface area contributed by atoms with Crippen molar-refractivity contribution in [2.45, 2.75) is 44.9 Å². The number of piperidine rings is 1. The number of likely N-dealkylation sites (tertiary alicyclic amines) is 1. The number of nitrogens with zero attached hydrogens (tertiary/aromatic N) is 4. The average molecular weight is 338 g/mol. The number of aromatic nitrogens is 2. The van der Waals surface area contributed by atoms with E-state index in [4.69, 9.17) is 9.78 Å². The molecule has 0 N–H and O–H groups in total. The van der Waals surface area contributed by atoms with Crippen molar-refractivity contribution in [1.82, 2.24) is 15.0 Å². The second kappa shape index (κ2) is 7.93. The van der Waals surface area contributed by atoms with Crippen LogP contribution in [0.5, 0.6) is 0 Å². The van der Waals surface area contributed by atoms with E-state index in [1.54, 1.807) is 24.3 Å². The zero-order valence-corrected chi connectivity index (χ0v) is 14.4. The molecule has 6 heteroatoms. The highest BCUT2D eigenvalue weighted by Crippen LogP contribution is 2.27. The van der Waals surface area contributed by atoms with E-state index in [0.29, 0.717) is 30.1 Å². The van der Waals surface area contributed by atoms with E-state index in [1.807, 2.05) is 4.90 Å². The second-order valence-electron chi connectivity index (χ2n) is 6.44. The summed E-state index contributed by atoms with van der Waals surface area (Å²) in [5.74, 6) is 1.42. The summed E-state index contributed by atoms with van der Waals surface area (Å²) in [6, 6.07) is 8.91. The molecule has 0 saturated carbocycles. The molecule has 1 unspecified atom stereocenters. The van der Waals surface area contributed by atoms with Gasteiger partial charge in [0.15, 0.2) is 5.82 Å². The first kappa shape index (κ1) is 17.2. The van der Waals surface area contributed by atoms with E-state index in [1.165, 1.54) is 0 Å². The first-order chi connectivity index (χ1) is 12.2. The van der Waals surface area contributed by atoms with Crippen LogP contribution in [-0.4, -0.2) is 34.0 Å². The van der Waals surface area contributed by atoms with E-state index in [9.17, 15) is 4.79 Å². The van der Waals surface area contributed by atoms with Gasteiger partial charge in [-0.25, -0.2) is 0 Å². The van der Waals surface area contributed by atoms with Gasteiger partial charge >= 0.3 is 0 Å². The van der Waals surface area contributed by atoms with Gasteiger partial charge in [-0.15, -0.1) is 0 Å². The Hall–Kier alpha value is -2.68. The van der Waals surface area contributed by atoms with Crippen LogP contribution in [0.2, 0.25) is 0 Å². The van der Waals surface area contributed by atoms with Crippen molar-refractivity contribution >= 4 is 5.91 Å². The summed E-state index contributed by atoms with van der Waals surface area (Å²) in [5, 5.41) is 13.1. The summed E-state index contributed by atoms with van der Waals surface area (Å²) in [6.07, 6.45) is 4.82. The monoisotopic (exact) mass is 338 g/mol. The summed E-state index contributed by atoms with van der Waals surface area (Å²) in [5.41, 5.74) is 1.05. The van der Waals surface area contributed by atoms with Gasteiger partial charge in [0.25, 0.3) is 5.91 Å². The molecule has 1 aromatic carbocycles. The normalized spacial score (nSPS) is 17.3. The van der Waals surface area contributed by atoms with Crippen molar-refractivity contribution in [3.63, 3.8) is 0 Å². The summed E-state index contributed by atoms with van der Waals surface area (Å²) in [6.45, 7) is 3.42. The maximum absolute atomic E-state index is 12.7. The molecule has 130 valence electrons. The van der Waals surface area contributed by atoms with Gasteiger partial charge in [-0.3, -0.25) is 4.79 Å². The van der Waals surface area contributed by atoms with Gasteiger partial charge in [0, 0.05) is 25.1 Å². The maximum Gasteiger partial charge on any atom is 0.253 e. The SMILES string of the molecule is CCCCc1noc(C2CCCN(C(=O)c3cccc(C#N)c3)C2)n1. The lowest BCUT2D eigenvalue weighted by Gasteiger charge is -2.31. The molecule has 1 fully saturated rings. The van der Waals surface area contributed by atoms with Crippen LogP contribution in [0.1, 0.15) is 66.2 Å². The van der Waals surface area contributed by atoms with Crippen LogP contribution >= 0.6 is 0 Å². The largest absolute Gasteiger partial charge is 0.339 e. The van der Waals surface area contributed by atoms with Crippen molar-refractivity contribution < 1.29 is 9.32 Å². The molecule has 3 rings (SSSR count). The Morgan fingerprint density at radius 1 is 1.48 bits per heavy atom. The third-order valence-electron chi connectivity index (χ3n) is 4.53. The summed E-state index contributed by atoms with van der Waals surface area (Å²) in [7, 11) is 0. The molecule has 0 radical (unpaired) electrons. The van der Waals surface area contributed by atoms with Gasteiger partial charge in [0.05, 0.1) is 17.6 Å². The number of carbonyl (C=O) groups excluding carboxylic acids is 1. The van der Waals surface area contributed by atoms with Gasteiger partial charge in [-0.1, -0.05) is 24.6 Å². The molecule has 1 aliphatic rings. The predicted octanol–water partition coefficient (Wildman–Crippen LogP) is 3.30. The van der Waals surface area contributed by atoms with E-state index in [0.717, 1.165) is 37.9 Å². The van der Waals surface area contributed by atoms with Crippen LogP contribution < -0.4 is 0 Å². The molecule has 25 heavy (non-hydrogen) atoms. The molecule has 1 aromatic heterocycles. The summed E-state index contributed by atoms with van der Waals surface area (Å²) >= 11 is 0. The lowest BCUT2D eigenvalue weighted by molar-refractivity contribution is 0.0695. The Balaban J connectivity index is 1.69. The minimum Gasteiger partial charge on any atom is -0.339 e. The molecule has 0 bridgehead atoms. The van der Waals surface area contributed by atoms with Gasteiger partial charge in [0.1, 0.15) is 0 Å². The topological polar surface area (TPSA) is 83.0 Å². The summed E-state index contributed by atoms with van der Waals surface area (Å²) < 4.78 is 5.43. The number of hydrogen-bond donors (Lipinski definition) is 0. The minimum absolute atomic E-state index is 0.0486. The molecule has 0 spiro atoms. The Morgan fingerprint density at radius 2 is 2.36 bits per heavy atom. The van der Waals surface area contributed by atoms with Crippen molar-refractivity contribution in [3.05, 3.63) is 47.1 Å². The predicted molar refractivity (Wildman–Crippen MR) is 91.9 cm³/mol. The average Bonchev–Trinajstić information content (AvgIpc) is 3.15. The first-order valence-electron chi connectivity index (χ1n) is 8.83. The van der Waals surface area contributed by atoms with Crippen molar-refractivity contribution in [2.24, 2.45) is 0 Å². The third-order valence-corrected chi connectivity index (χ3v) is 4.53. The van der Waals surface area contributed by atoms with E-state index in [-0.39, 0.29) is 11.8 Å².